The van der Waals surface area contributed by atoms with E-state index in [0.717, 1.165) is 0 Å². The van der Waals surface area contributed by atoms with Gasteiger partial charge in [0.1, 0.15) is 22.4 Å². The average Bonchev–Trinajstić information content (AvgIpc) is 2.84. The van der Waals surface area contributed by atoms with Crippen molar-refractivity contribution in [3.8, 4) is 11.5 Å². The van der Waals surface area contributed by atoms with Crippen LogP contribution in [0.25, 0.3) is 11.0 Å². The van der Waals surface area contributed by atoms with E-state index in [2.05, 4.69) is 21.2 Å². The minimum Gasteiger partial charge on any atom is -0.505 e. The molecular weight excluding hydrogens is 485 g/mol. The van der Waals surface area contributed by atoms with Crippen molar-refractivity contribution in [3.05, 3.63) is 63.3 Å². The molecule has 0 radical (unpaired) electrons. The highest BCUT2D eigenvalue weighted by molar-refractivity contribution is 6.02. The fourth-order valence-electron chi connectivity index (χ4n) is 4.15. The summed E-state index contributed by atoms with van der Waals surface area (Å²) in [5, 5.41) is 23.2. The standard InChI is InChI=1S/C25H28FN5O6/c1-24(2,12-32)29-23(36)25(3)11-31-18-17(19(33)16(22(31)35)21(34)30-27-4)28-10-14(20(18)37-25)9-13-5-7-15(26)8-6-13/h5-8,10,27,32-33H,9,11-12H2,1-4H3,(H,29,36)(H,30,34)/t25-/m0/s1. The van der Waals surface area contributed by atoms with E-state index in [0.29, 0.717) is 11.1 Å². The Balaban J connectivity index is 1.94. The Morgan fingerprint density at radius 3 is 2.57 bits per heavy atom. The molecule has 2 aromatic heterocycles. The maximum absolute atomic E-state index is 13.5. The van der Waals surface area contributed by atoms with E-state index in [1.165, 1.54) is 36.9 Å². The second-order valence-electron chi connectivity index (χ2n) is 9.76. The van der Waals surface area contributed by atoms with E-state index in [-0.39, 0.29) is 36.4 Å². The fraction of sp³-hybridized carbons (Fsp3) is 0.360. The van der Waals surface area contributed by atoms with Gasteiger partial charge in [0.2, 0.25) is 5.60 Å². The molecule has 1 atom stereocenters. The minimum absolute atomic E-state index is 0.0585. The molecule has 4 rings (SSSR count). The molecule has 1 aromatic carbocycles. The van der Waals surface area contributed by atoms with Crippen molar-refractivity contribution in [2.75, 3.05) is 13.7 Å². The fourth-order valence-corrected chi connectivity index (χ4v) is 4.15. The number of aromatic hydroxyl groups is 1. The Morgan fingerprint density at radius 2 is 1.95 bits per heavy atom. The van der Waals surface area contributed by atoms with Gasteiger partial charge in [-0.3, -0.25) is 29.4 Å². The van der Waals surface area contributed by atoms with Crippen LogP contribution in [0.4, 0.5) is 4.39 Å². The molecule has 0 aliphatic carbocycles. The lowest BCUT2D eigenvalue weighted by atomic mass is 9.97. The number of hydrogen-bond donors (Lipinski definition) is 5. The molecule has 1 aliphatic rings. The zero-order valence-electron chi connectivity index (χ0n) is 20.8. The van der Waals surface area contributed by atoms with E-state index >= 15 is 0 Å². The molecule has 0 bridgehead atoms. The molecule has 3 heterocycles. The first-order chi connectivity index (χ1) is 17.4. The largest absolute Gasteiger partial charge is 0.505 e. The van der Waals surface area contributed by atoms with Gasteiger partial charge in [-0.25, -0.2) is 9.82 Å². The Labute approximate surface area is 211 Å². The molecule has 5 N–H and O–H groups in total. The number of rotatable bonds is 7. The maximum atomic E-state index is 13.5. The highest BCUT2D eigenvalue weighted by Crippen LogP contribution is 2.40. The summed E-state index contributed by atoms with van der Waals surface area (Å²) in [4.78, 5) is 43.8. The van der Waals surface area contributed by atoms with Gasteiger partial charge >= 0.3 is 0 Å². The smallest absolute Gasteiger partial charge is 0.274 e. The van der Waals surface area contributed by atoms with Crippen LogP contribution in [0.1, 0.15) is 42.3 Å². The summed E-state index contributed by atoms with van der Waals surface area (Å²) in [5.74, 6) is -2.39. The van der Waals surface area contributed by atoms with Crippen LogP contribution in [-0.2, 0) is 17.8 Å². The number of hydrazine groups is 1. The lowest BCUT2D eigenvalue weighted by Gasteiger charge is -2.38. The summed E-state index contributed by atoms with van der Waals surface area (Å²) in [5.41, 5.74) is 1.92. The molecule has 0 spiro atoms. The third-order valence-electron chi connectivity index (χ3n) is 6.16. The lowest BCUT2D eigenvalue weighted by molar-refractivity contribution is -0.139. The number of aliphatic hydroxyl groups is 1. The SMILES string of the molecule is CNNC(=O)c1c(O)c2ncc(Cc3ccc(F)cc3)c3c2n(c1=O)C[C@@](C)(C(=O)NC(C)(C)CO)O3. The summed E-state index contributed by atoms with van der Waals surface area (Å²) in [6, 6.07) is 5.78. The van der Waals surface area contributed by atoms with E-state index < -0.39 is 45.6 Å². The van der Waals surface area contributed by atoms with E-state index in [1.807, 2.05) is 0 Å². The minimum atomic E-state index is -1.64. The van der Waals surface area contributed by atoms with Crippen molar-refractivity contribution < 1.29 is 28.9 Å². The predicted molar refractivity (Wildman–Crippen MR) is 132 cm³/mol. The Hall–Kier alpha value is -4.03. The number of carbonyl (C=O) groups is 2. The number of aromatic nitrogens is 2. The Kier molecular flexibility index (Phi) is 6.65. The molecule has 0 unspecified atom stereocenters. The lowest BCUT2D eigenvalue weighted by Crippen LogP contribution is -2.60. The van der Waals surface area contributed by atoms with Crippen LogP contribution in [0.5, 0.6) is 11.5 Å². The number of hydrogen-bond acceptors (Lipinski definition) is 8. The van der Waals surface area contributed by atoms with Gasteiger partial charge in [-0.2, -0.15) is 0 Å². The van der Waals surface area contributed by atoms with Gasteiger partial charge in [0.15, 0.2) is 11.5 Å². The molecule has 2 amide bonds. The number of amides is 2. The van der Waals surface area contributed by atoms with Crippen molar-refractivity contribution in [3.63, 3.8) is 0 Å². The highest BCUT2D eigenvalue weighted by atomic mass is 19.1. The zero-order valence-corrected chi connectivity index (χ0v) is 20.8. The monoisotopic (exact) mass is 513 g/mol. The van der Waals surface area contributed by atoms with Gasteiger partial charge in [0, 0.05) is 25.2 Å². The van der Waals surface area contributed by atoms with Crippen molar-refractivity contribution in [2.45, 2.75) is 44.9 Å². The number of nitrogens with one attached hydrogen (secondary N) is 3. The van der Waals surface area contributed by atoms with Gasteiger partial charge in [0.05, 0.1) is 18.7 Å². The third-order valence-corrected chi connectivity index (χ3v) is 6.16. The average molecular weight is 514 g/mol. The first-order valence-electron chi connectivity index (χ1n) is 11.5. The zero-order chi connectivity index (χ0) is 27.1. The second kappa shape index (κ2) is 9.45. The van der Waals surface area contributed by atoms with Crippen LogP contribution >= 0.6 is 0 Å². The van der Waals surface area contributed by atoms with Gasteiger partial charge < -0.3 is 20.3 Å². The van der Waals surface area contributed by atoms with Crippen molar-refractivity contribution in [1.29, 1.82) is 0 Å². The van der Waals surface area contributed by atoms with Gasteiger partial charge in [0.25, 0.3) is 17.4 Å². The normalized spacial score (nSPS) is 16.8. The molecule has 3 aromatic rings. The number of carbonyl (C=O) groups excluding carboxylic acids is 2. The number of ether oxygens (including phenoxy) is 1. The van der Waals surface area contributed by atoms with Crippen LogP contribution in [0, 0.1) is 5.82 Å². The summed E-state index contributed by atoms with van der Waals surface area (Å²) >= 11 is 0. The summed E-state index contributed by atoms with van der Waals surface area (Å²) in [6.45, 7) is 4.09. The molecule has 37 heavy (non-hydrogen) atoms. The van der Waals surface area contributed by atoms with Crippen LogP contribution in [0.2, 0.25) is 0 Å². The summed E-state index contributed by atoms with van der Waals surface area (Å²) in [6.07, 6.45) is 1.63. The molecular formula is C25H28FN5O6. The maximum Gasteiger partial charge on any atom is 0.274 e. The molecule has 1 aliphatic heterocycles. The summed E-state index contributed by atoms with van der Waals surface area (Å²) < 4.78 is 20.9. The molecule has 0 saturated heterocycles. The number of nitrogens with zero attached hydrogens (tertiary/aromatic N) is 2. The molecule has 0 fully saturated rings. The van der Waals surface area contributed by atoms with Crippen LogP contribution in [0.3, 0.4) is 0 Å². The predicted octanol–water partition coefficient (Wildman–Crippen LogP) is 0.734. The third kappa shape index (κ3) is 4.72. The quantitative estimate of drug-likeness (QED) is 0.290. The first-order valence-corrected chi connectivity index (χ1v) is 11.5. The van der Waals surface area contributed by atoms with Crippen LogP contribution < -0.4 is 26.5 Å². The van der Waals surface area contributed by atoms with Crippen LogP contribution in [0.15, 0.2) is 35.3 Å². The molecule has 196 valence electrons. The summed E-state index contributed by atoms with van der Waals surface area (Å²) in [7, 11) is 1.42. The van der Waals surface area contributed by atoms with Crippen molar-refractivity contribution >= 4 is 22.8 Å². The highest BCUT2D eigenvalue weighted by Gasteiger charge is 2.44. The van der Waals surface area contributed by atoms with Gasteiger partial charge in [-0.1, -0.05) is 12.1 Å². The number of aliphatic hydroxyl groups excluding tert-OH is 1. The van der Waals surface area contributed by atoms with Gasteiger partial charge in [-0.15, -0.1) is 0 Å². The molecule has 0 saturated carbocycles. The van der Waals surface area contributed by atoms with Gasteiger partial charge in [-0.05, 0) is 38.5 Å². The van der Waals surface area contributed by atoms with E-state index in [9.17, 15) is 29.0 Å². The van der Waals surface area contributed by atoms with E-state index in [1.54, 1.807) is 26.0 Å². The first kappa shape index (κ1) is 26.0. The molecule has 12 heteroatoms. The second-order valence-corrected chi connectivity index (χ2v) is 9.76. The Bertz CT molecular complexity index is 1450. The van der Waals surface area contributed by atoms with Crippen molar-refractivity contribution in [1.82, 2.24) is 25.7 Å². The van der Waals surface area contributed by atoms with Crippen molar-refractivity contribution in [2.24, 2.45) is 0 Å². The number of pyridine rings is 2. The van der Waals surface area contributed by atoms with Crippen LogP contribution in [-0.4, -0.2) is 56.4 Å². The topological polar surface area (TPSA) is 155 Å². The van der Waals surface area contributed by atoms with E-state index in [4.69, 9.17) is 4.74 Å². The number of halogens is 1. The number of benzene rings is 1. The molecule has 11 nitrogen and oxygen atoms in total. The Morgan fingerprint density at radius 1 is 1.27 bits per heavy atom.